The average Bonchev–Trinajstić information content (AvgIpc) is 2.08. The van der Waals surface area contributed by atoms with Crippen LogP contribution in [-0.2, 0) is 13.0 Å². The van der Waals surface area contributed by atoms with E-state index >= 15 is 0 Å². The molecule has 72 valence electrons. The van der Waals surface area contributed by atoms with E-state index in [-0.39, 0.29) is 12.4 Å². The second kappa shape index (κ2) is 4.28. The molecule has 0 spiro atoms. The van der Waals surface area contributed by atoms with Crippen molar-refractivity contribution in [3.05, 3.63) is 23.5 Å². The van der Waals surface area contributed by atoms with Gasteiger partial charge >= 0.3 is 0 Å². The van der Waals surface area contributed by atoms with Crippen molar-refractivity contribution in [2.75, 3.05) is 0 Å². The molecule has 0 fully saturated rings. The molecule has 3 nitrogen and oxygen atoms in total. The predicted molar refractivity (Wildman–Crippen MR) is 48.4 cm³/mol. The van der Waals surface area contributed by atoms with Crippen molar-refractivity contribution < 1.29 is 4.39 Å². The fourth-order valence-corrected chi connectivity index (χ4v) is 1.12. The molecular weight excluding hydrogens is 169 g/mol. The Bertz CT molecular complexity index is 286. The largest absolute Gasteiger partial charge is 0.325 e. The molecule has 0 aliphatic heterocycles. The van der Waals surface area contributed by atoms with Crippen molar-refractivity contribution >= 4 is 0 Å². The first kappa shape index (κ1) is 10.1. The van der Waals surface area contributed by atoms with Gasteiger partial charge < -0.3 is 5.73 Å². The molecule has 1 aromatic heterocycles. The van der Waals surface area contributed by atoms with Gasteiger partial charge in [-0.3, -0.25) is 0 Å². The SMILES string of the molecule is CC(C)Cc1ncnc(CN)c1F. The van der Waals surface area contributed by atoms with Crippen LogP contribution in [0, 0.1) is 11.7 Å². The third-order valence-electron chi connectivity index (χ3n) is 1.73. The van der Waals surface area contributed by atoms with E-state index in [1.165, 1.54) is 6.33 Å². The molecule has 0 aliphatic carbocycles. The number of hydrogen-bond acceptors (Lipinski definition) is 3. The minimum atomic E-state index is -0.348. The Hall–Kier alpha value is -1.03. The van der Waals surface area contributed by atoms with Gasteiger partial charge in [-0.1, -0.05) is 13.8 Å². The van der Waals surface area contributed by atoms with Gasteiger partial charge in [0.05, 0.1) is 11.4 Å². The lowest BCUT2D eigenvalue weighted by Gasteiger charge is -2.06. The zero-order valence-corrected chi connectivity index (χ0v) is 7.92. The maximum absolute atomic E-state index is 13.4. The Morgan fingerprint density at radius 2 is 2.00 bits per heavy atom. The number of halogens is 1. The molecule has 0 atom stereocenters. The normalized spacial score (nSPS) is 10.8. The van der Waals surface area contributed by atoms with Crippen LogP contribution in [0.15, 0.2) is 6.33 Å². The van der Waals surface area contributed by atoms with Crippen LogP contribution in [0.3, 0.4) is 0 Å². The molecule has 13 heavy (non-hydrogen) atoms. The van der Waals surface area contributed by atoms with Crippen LogP contribution in [0.4, 0.5) is 4.39 Å². The molecule has 0 aliphatic rings. The summed E-state index contributed by atoms with van der Waals surface area (Å²) < 4.78 is 13.4. The van der Waals surface area contributed by atoms with E-state index in [2.05, 4.69) is 9.97 Å². The van der Waals surface area contributed by atoms with Crippen LogP contribution >= 0.6 is 0 Å². The lowest BCUT2D eigenvalue weighted by molar-refractivity contribution is 0.539. The van der Waals surface area contributed by atoms with Gasteiger partial charge in [0.15, 0.2) is 5.82 Å². The summed E-state index contributed by atoms with van der Waals surface area (Å²) >= 11 is 0. The van der Waals surface area contributed by atoms with Gasteiger partial charge in [0.1, 0.15) is 6.33 Å². The second-order valence-corrected chi connectivity index (χ2v) is 3.38. The lowest BCUT2D eigenvalue weighted by Crippen LogP contribution is -2.09. The maximum Gasteiger partial charge on any atom is 0.167 e. The van der Waals surface area contributed by atoms with E-state index in [1.807, 2.05) is 13.8 Å². The van der Waals surface area contributed by atoms with Gasteiger partial charge in [-0.15, -0.1) is 0 Å². The minimum absolute atomic E-state index is 0.124. The van der Waals surface area contributed by atoms with Crippen molar-refractivity contribution in [3.63, 3.8) is 0 Å². The number of nitrogens with zero attached hydrogens (tertiary/aromatic N) is 2. The maximum atomic E-state index is 13.4. The third-order valence-corrected chi connectivity index (χ3v) is 1.73. The number of nitrogens with two attached hydrogens (primary N) is 1. The summed E-state index contributed by atoms with van der Waals surface area (Å²) in [6.07, 6.45) is 1.99. The van der Waals surface area contributed by atoms with Crippen molar-refractivity contribution in [1.82, 2.24) is 9.97 Å². The summed E-state index contributed by atoms with van der Waals surface area (Å²) in [5.41, 5.74) is 6.08. The Morgan fingerprint density at radius 1 is 1.38 bits per heavy atom. The van der Waals surface area contributed by atoms with E-state index in [4.69, 9.17) is 5.73 Å². The van der Waals surface area contributed by atoms with Gasteiger partial charge in [-0.05, 0) is 12.3 Å². The summed E-state index contributed by atoms with van der Waals surface area (Å²) in [6, 6.07) is 0. The van der Waals surface area contributed by atoms with Crippen LogP contribution in [0.5, 0.6) is 0 Å². The van der Waals surface area contributed by atoms with Crippen molar-refractivity contribution in [2.24, 2.45) is 11.7 Å². The molecule has 0 saturated carbocycles. The first-order valence-electron chi connectivity index (χ1n) is 4.33. The molecule has 0 amide bonds. The molecule has 4 heteroatoms. The molecule has 0 saturated heterocycles. The number of aromatic nitrogens is 2. The lowest BCUT2D eigenvalue weighted by atomic mass is 10.1. The molecule has 1 rings (SSSR count). The van der Waals surface area contributed by atoms with Gasteiger partial charge in [0.25, 0.3) is 0 Å². The van der Waals surface area contributed by atoms with E-state index in [1.54, 1.807) is 0 Å². The Kier molecular flexibility index (Phi) is 3.31. The molecular formula is C9H14FN3. The van der Waals surface area contributed by atoms with Crippen molar-refractivity contribution in [3.8, 4) is 0 Å². The molecule has 2 N–H and O–H groups in total. The molecule has 0 bridgehead atoms. The van der Waals surface area contributed by atoms with Crippen LogP contribution < -0.4 is 5.73 Å². The van der Waals surface area contributed by atoms with E-state index < -0.39 is 0 Å². The highest BCUT2D eigenvalue weighted by Crippen LogP contribution is 2.11. The molecule has 0 aromatic carbocycles. The minimum Gasteiger partial charge on any atom is -0.325 e. The summed E-state index contributed by atoms with van der Waals surface area (Å²) in [7, 11) is 0. The standard InChI is InChI=1S/C9H14FN3/c1-6(2)3-7-9(10)8(4-11)13-5-12-7/h5-6H,3-4,11H2,1-2H3. The monoisotopic (exact) mass is 183 g/mol. The Morgan fingerprint density at radius 3 is 2.54 bits per heavy atom. The number of hydrogen-bond donors (Lipinski definition) is 1. The molecule has 0 unspecified atom stereocenters. The Balaban J connectivity index is 2.94. The molecule has 1 heterocycles. The van der Waals surface area contributed by atoms with Gasteiger partial charge in [-0.25, -0.2) is 14.4 Å². The smallest absolute Gasteiger partial charge is 0.167 e. The first-order chi connectivity index (χ1) is 6.15. The fourth-order valence-electron chi connectivity index (χ4n) is 1.12. The third kappa shape index (κ3) is 2.45. The van der Waals surface area contributed by atoms with Gasteiger partial charge in [0.2, 0.25) is 0 Å². The number of rotatable bonds is 3. The molecule has 0 radical (unpaired) electrons. The fraction of sp³-hybridized carbons (Fsp3) is 0.556. The van der Waals surface area contributed by atoms with Gasteiger partial charge in [0, 0.05) is 6.54 Å². The molecule has 1 aromatic rings. The topological polar surface area (TPSA) is 51.8 Å². The second-order valence-electron chi connectivity index (χ2n) is 3.38. The quantitative estimate of drug-likeness (QED) is 0.767. The Labute approximate surface area is 77.2 Å². The summed E-state index contributed by atoms with van der Waals surface area (Å²) in [6.45, 7) is 4.16. The van der Waals surface area contributed by atoms with Crippen LogP contribution in [0.1, 0.15) is 25.2 Å². The first-order valence-corrected chi connectivity index (χ1v) is 4.33. The summed E-state index contributed by atoms with van der Waals surface area (Å²) in [5, 5.41) is 0. The summed E-state index contributed by atoms with van der Waals surface area (Å²) in [5.74, 6) is 0.0359. The van der Waals surface area contributed by atoms with Crippen LogP contribution in [0.2, 0.25) is 0 Å². The zero-order valence-electron chi connectivity index (χ0n) is 7.92. The highest BCUT2D eigenvalue weighted by atomic mass is 19.1. The highest BCUT2D eigenvalue weighted by Gasteiger charge is 2.10. The average molecular weight is 183 g/mol. The predicted octanol–water partition coefficient (Wildman–Crippen LogP) is 1.27. The highest BCUT2D eigenvalue weighted by molar-refractivity contribution is 5.12. The summed E-state index contributed by atoms with van der Waals surface area (Å²) in [4.78, 5) is 7.64. The zero-order chi connectivity index (χ0) is 9.84. The van der Waals surface area contributed by atoms with E-state index in [9.17, 15) is 4.39 Å². The van der Waals surface area contributed by atoms with Gasteiger partial charge in [-0.2, -0.15) is 0 Å². The van der Waals surface area contributed by atoms with Crippen LogP contribution in [0.25, 0.3) is 0 Å². The van der Waals surface area contributed by atoms with Crippen molar-refractivity contribution in [2.45, 2.75) is 26.8 Å². The van der Waals surface area contributed by atoms with E-state index in [0.29, 0.717) is 23.7 Å². The van der Waals surface area contributed by atoms with Crippen molar-refractivity contribution in [1.29, 1.82) is 0 Å². The van der Waals surface area contributed by atoms with Crippen LogP contribution in [-0.4, -0.2) is 9.97 Å². The van der Waals surface area contributed by atoms with E-state index in [0.717, 1.165) is 0 Å².